The van der Waals surface area contributed by atoms with Crippen LogP contribution in [0.15, 0.2) is 30.5 Å². The second kappa shape index (κ2) is 5.14. The van der Waals surface area contributed by atoms with E-state index < -0.39 is 0 Å². The van der Waals surface area contributed by atoms with Crippen LogP contribution in [0.4, 0.5) is 11.4 Å². The summed E-state index contributed by atoms with van der Waals surface area (Å²) < 4.78 is 1.55. The summed E-state index contributed by atoms with van der Waals surface area (Å²) in [7, 11) is 1.75. The first kappa shape index (κ1) is 13.1. The Morgan fingerprint density at radius 1 is 1.47 bits per heavy atom. The molecular weight excluding hydrogens is 240 g/mol. The molecule has 0 aliphatic rings. The van der Waals surface area contributed by atoms with E-state index in [9.17, 15) is 4.79 Å². The zero-order valence-electron chi connectivity index (χ0n) is 11.4. The molecule has 0 aliphatic heterocycles. The Hall–Kier alpha value is -2.30. The molecule has 0 spiro atoms. The van der Waals surface area contributed by atoms with Crippen LogP contribution in [0.3, 0.4) is 0 Å². The Balaban J connectivity index is 2.37. The fraction of sp³-hybridized carbons (Fsp3) is 0.286. The van der Waals surface area contributed by atoms with Crippen LogP contribution in [-0.2, 0) is 7.05 Å². The fourth-order valence-corrected chi connectivity index (χ4v) is 2.04. The van der Waals surface area contributed by atoms with Gasteiger partial charge in [-0.3, -0.25) is 9.48 Å². The normalized spacial score (nSPS) is 10.5. The van der Waals surface area contributed by atoms with Crippen LogP contribution < -0.4 is 10.6 Å². The van der Waals surface area contributed by atoms with Gasteiger partial charge in [0, 0.05) is 25.5 Å². The topological polar surface area (TPSA) is 64.2 Å². The molecule has 1 aromatic heterocycles. The van der Waals surface area contributed by atoms with Gasteiger partial charge < -0.3 is 10.6 Å². The van der Waals surface area contributed by atoms with Crippen LogP contribution >= 0.6 is 0 Å². The van der Waals surface area contributed by atoms with E-state index in [0.29, 0.717) is 17.9 Å². The van der Waals surface area contributed by atoms with Gasteiger partial charge in [-0.15, -0.1) is 0 Å². The molecule has 0 bridgehead atoms. The third-order valence-electron chi connectivity index (χ3n) is 2.93. The monoisotopic (exact) mass is 258 g/mol. The highest BCUT2D eigenvalue weighted by molar-refractivity contribution is 6.07. The van der Waals surface area contributed by atoms with Gasteiger partial charge in [-0.05, 0) is 31.5 Å². The van der Waals surface area contributed by atoms with Gasteiger partial charge in [0.05, 0.1) is 5.69 Å². The second-order valence-electron chi connectivity index (χ2n) is 4.50. The van der Waals surface area contributed by atoms with Crippen molar-refractivity contribution in [1.82, 2.24) is 9.78 Å². The first-order valence-corrected chi connectivity index (χ1v) is 6.20. The molecule has 0 fully saturated rings. The number of nitrogen functional groups attached to an aromatic ring is 1. The molecule has 2 rings (SSSR count). The SMILES string of the molecule is CCN(C(=O)c1nn(C)cc1N)c1cccc(C)c1. The molecule has 2 N–H and O–H groups in total. The maximum Gasteiger partial charge on any atom is 0.280 e. The Morgan fingerprint density at radius 3 is 2.74 bits per heavy atom. The van der Waals surface area contributed by atoms with Gasteiger partial charge in [0.2, 0.25) is 0 Å². The lowest BCUT2D eigenvalue weighted by Gasteiger charge is -2.20. The predicted octanol–water partition coefficient (Wildman–Crippen LogP) is 1.98. The van der Waals surface area contributed by atoms with Crippen molar-refractivity contribution >= 4 is 17.3 Å². The van der Waals surface area contributed by atoms with E-state index in [-0.39, 0.29) is 5.91 Å². The first-order valence-electron chi connectivity index (χ1n) is 6.20. The number of amides is 1. The summed E-state index contributed by atoms with van der Waals surface area (Å²) in [6, 6.07) is 7.81. The molecular formula is C14H18N4O. The molecule has 2 aromatic rings. The molecule has 1 amide bonds. The van der Waals surface area contributed by atoms with Crippen LogP contribution in [0.2, 0.25) is 0 Å². The molecule has 0 aliphatic carbocycles. The molecule has 5 nitrogen and oxygen atoms in total. The van der Waals surface area contributed by atoms with Crippen LogP contribution in [0, 0.1) is 6.92 Å². The van der Waals surface area contributed by atoms with E-state index >= 15 is 0 Å². The minimum Gasteiger partial charge on any atom is -0.396 e. The maximum atomic E-state index is 12.5. The molecule has 0 saturated heterocycles. The summed E-state index contributed by atoms with van der Waals surface area (Å²) in [6.45, 7) is 4.49. The molecule has 1 heterocycles. The molecule has 0 unspecified atom stereocenters. The number of nitrogens with two attached hydrogens (primary N) is 1. The number of aromatic nitrogens is 2. The number of carbonyl (C=O) groups excluding carboxylic acids is 1. The van der Waals surface area contributed by atoms with Crippen LogP contribution in [-0.4, -0.2) is 22.2 Å². The summed E-state index contributed by atoms with van der Waals surface area (Å²) in [5.74, 6) is -0.175. The van der Waals surface area contributed by atoms with E-state index in [4.69, 9.17) is 5.73 Å². The van der Waals surface area contributed by atoms with Crippen molar-refractivity contribution in [2.45, 2.75) is 13.8 Å². The third kappa shape index (κ3) is 2.59. The summed E-state index contributed by atoms with van der Waals surface area (Å²) in [5, 5.41) is 4.13. The van der Waals surface area contributed by atoms with E-state index in [1.54, 1.807) is 22.8 Å². The molecule has 0 atom stereocenters. The highest BCUT2D eigenvalue weighted by Crippen LogP contribution is 2.20. The van der Waals surface area contributed by atoms with Gasteiger partial charge in [-0.25, -0.2) is 0 Å². The van der Waals surface area contributed by atoms with Crippen molar-refractivity contribution in [3.8, 4) is 0 Å². The minimum absolute atomic E-state index is 0.175. The Bertz CT molecular complexity index is 603. The van der Waals surface area contributed by atoms with Crippen molar-refractivity contribution in [3.05, 3.63) is 41.7 Å². The molecule has 100 valence electrons. The number of anilines is 2. The van der Waals surface area contributed by atoms with Gasteiger partial charge in [0.1, 0.15) is 0 Å². The number of hydrogen-bond acceptors (Lipinski definition) is 3. The number of benzene rings is 1. The molecule has 1 aromatic carbocycles. The number of aryl methyl sites for hydroxylation is 2. The zero-order chi connectivity index (χ0) is 14.0. The van der Waals surface area contributed by atoms with Gasteiger partial charge in [-0.2, -0.15) is 5.10 Å². The van der Waals surface area contributed by atoms with Gasteiger partial charge >= 0.3 is 0 Å². The Kier molecular flexibility index (Phi) is 3.55. The van der Waals surface area contributed by atoms with Gasteiger partial charge in [-0.1, -0.05) is 12.1 Å². The van der Waals surface area contributed by atoms with E-state index in [0.717, 1.165) is 11.3 Å². The van der Waals surface area contributed by atoms with Crippen LogP contribution in [0.1, 0.15) is 23.0 Å². The number of hydrogen-bond donors (Lipinski definition) is 1. The van der Waals surface area contributed by atoms with Gasteiger partial charge in [0.15, 0.2) is 5.69 Å². The maximum absolute atomic E-state index is 12.5. The largest absolute Gasteiger partial charge is 0.396 e. The lowest BCUT2D eigenvalue weighted by atomic mass is 10.2. The zero-order valence-corrected chi connectivity index (χ0v) is 11.4. The molecule has 19 heavy (non-hydrogen) atoms. The quantitative estimate of drug-likeness (QED) is 0.915. The van der Waals surface area contributed by atoms with Crippen LogP contribution in [0.5, 0.6) is 0 Å². The first-order chi connectivity index (χ1) is 9.02. The molecule has 5 heteroatoms. The van der Waals surface area contributed by atoms with Crippen molar-refractivity contribution in [2.24, 2.45) is 7.05 Å². The second-order valence-corrected chi connectivity index (χ2v) is 4.50. The standard InChI is InChI=1S/C14H18N4O/c1-4-18(11-7-5-6-10(2)8-11)14(19)13-12(15)9-17(3)16-13/h5-9H,4,15H2,1-3H3. The lowest BCUT2D eigenvalue weighted by molar-refractivity contribution is 0.0983. The fourth-order valence-electron chi connectivity index (χ4n) is 2.04. The highest BCUT2D eigenvalue weighted by Gasteiger charge is 2.21. The summed E-state index contributed by atoms with van der Waals surface area (Å²) >= 11 is 0. The van der Waals surface area contributed by atoms with Crippen molar-refractivity contribution in [1.29, 1.82) is 0 Å². The molecule has 0 saturated carbocycles. The van der Waals surface area contributed by atoms with Crippen molar-refractivity contribution < 1.29 is 4.79 Å². The van der Waals surface area contributed by atoms with E-state index in [2.05, 4.69) is 5.10 Å². The Labute approximate surface area is 112 Å². The summed E-state index contributed by atoms with van der Waals surface area (Å²) in [5.41, 5.74) is 8.48. The number of carbonyl (C=O) groups is 1. The summed E-state index contributed by atoms with van der Waals surface area (Å²) in [4.78, 5) is 14.2. The highest BCUT2D eigenvalue weighted by atomic mass is 16.2. The van der Waals surface area contributed by atoms with E-state index in [1.165, 1.54) is 0 Å². The lowest BCUT2D eigenvalue weighted by Crippen LogP contribution is -2.31. The smallest absolute Gasteiger partial charge is 0.280 e. The minimum atomic E-state index is -0.175. The predicted molar refractivity (Wildman–Crippen MR) is 76.1 cm³/mol. The molecule has 0 radical (unpaired) electrons. The number of nitrogens with zero attached hydrogens (tertiary/aromatic N) is 3. The summed E-state index contributed by atoms with van der Waals surface area (Å²) in [6.07, 6.45) is 1.64. The van der Waals surface area contributed by atoms with Gasteiger partial charge in [0.25, 0.3) is 5.91 Å². The van der Waals surface area contributed by atoms with Crippen LogP contribution in [0.25, 0.3) is 0 Å². The number of rotatable bonds is 3. The average molecular weight is 258 g/mol. The van der Waals surface area contributed by atoms with E-state index in [1.807, 2.05) is 38.1 Å². The third-order valence-corrected chi connectivity index (χ3v) is 2.93. The van der Waals surface area contributed by atoms with Crippen molar-refractivity contribution in [3.63, 3.8) is 0 Å². The Morgan fingerprint density at radius 2 is 2.21 bits per heavy atom. The van der Waals surface area contributed by atoms with Crippen molar-refractivity contribution in [2.75, 3.05) is 17.2 Å². The average Bonchev–Trinajstić information content (AvgIpc) is 2.69.